The highest BCUT2D eigenvalue weighted by Crippen LogP contribution is 2.09. The molecule has 0 aliphatic heterocycles. The molecule has 20 heavy (non-hydrogen) atoms. The van der Waals surface area contributed by atoms with E-state index in [0.717, 1.165) is 0 Å². The molecule has 1 aromatic rings. The Morgan fingerprint density at radius 3 is 2.35 bits per heavy atom. The maximum absolute atomic E-state index is 11.5. The zero-order chi connectivity index (χ0) is 15.0. The van der Waals surface area contributed by atoms with Gasteiger partial charge in [-0.25, -0.2) is 0 Å². The molecule has 1 N–H and O–H groups in total. The summed E-state index contributed by atoms with van der Waals surface area (Å²) in [4.78, 5) is 22.9. The maximum Gasteiger partial charge on any atom is 0.320 e. The molecule has 0 aliphatic rings. The molecule has 0 saturated carbocycles. The minimum atomic E-state index is -0.495. The van der Waals surface area contributed by atoms with Crippen LogP contribution in [0, 0.1) is 0 Å². The fourth-order valence-corrected chi connectivity index (χ4v) is 1.43. The molecular formula is C15H21NO4. The van der Waals surface area contributed by atoms with Crippen molar-refractivity contribution in [3.05, 3.63) is 30.3 Å². The van der Waals surface area contributed by atoms with Gasteiger partial charge in [-0.05, 0) is 32.9 Å². The third-order valence-electron chi connectivity index (χ3n) is 2.17. The fourth-order valence-electron chi connectivity index (χ4n) is 1.43. The number of hydrogen-bond donors (Lipinski definition) is 1. The lowest BCUT2D eigenvalue weighted by atomic mass is 10.2. The fraction of sp³-hybridized carbons (Fsp3) is 0.467. The van der Waals surface area contributed by atoms with Crippen LogP contribution in [-0.4, -0.2) is 30.6 Å². The molecule has 0 radical (unpaired) electrons. The summed E-state index contributed by atoms with van der Waals surface area (Å²) in [5.41, 5.74) is -0.495. The van der Waals surface area contributed by atoms with Crippen LogP contribution in [0.2, 0.25) is 0 Å². The Kier molecular flexibility index (Phi) is 6.18. The van der Waals surface area contributed by atoms with E-state index in [1.165, 1.54) is 0 Å². The molecule has 0 bridgehead atoms. The first kappa shape index (κ1) is 16.2. The molecule has 0 unspecified atom stereocenters. The summed E-state index contributed by atoms with van der Waals surface area (Å²) in [7, 11) is 0. The van der Waals surface area contributed by atoms with Gasteiger partial charge in [0.25, 0.3) is 0 Å². The molecule has 5 nitrogen and oxygen atoms in total. The van der Waals surface area contributed by atoms with E-state index >= 15 is 0 Å². The molecule has 0 saturated heterocycles. The van der Waals surface area contributed by atoms with Gasteiger partial charge in [-0.15, -0.1) is 0 Å². The Morgan fingerprint density at radius 1 is 1.10 bits per heavy atom. The Bertz CT molecular complexity index is 437. The number of para-hydroxylation sites is 1. The van der Waals surface area contributed by atoms with Crippen molar-refractivity contribution in [3.63, 3.8) is 0 Å². The SMILES string of the molecule is CC(C)(C)OC(=O)CNCCC(=O)Oc1ccccc1. The first-order chi connectivity index (χ1) is 9.37. The van der Waals surface area contributed by atoms with E-state index in [1.54, 1.807) is 24.3 Å². The topological polar surface area (TPSA) is 64.6 Å². The number of carbonyl (C=O) groups excluding carboxylic acids is 2. The van der Waals surface area contributed by atoms with Crippen molar-refractivity contribution in [2.45, 2.75) is 32.8 Å². The van der Waals surface area contributed by atoms with Crippen molar-refractivity contribution >= 4 is 11.9 Å². The normalized spacial score (nSPS) is 10.9. The lowest BCUT2D eigenvalue weighted by molar-refractivity contribution is -0.153. The van der Waals surface area contributed by atoms with Crippen LogP contribution < -0.4 is 10.1 Å². The van der Waals surface area contributed by atoms with Crippen molar-refractivity contribution in [2.75, 3.05) is 13.1 Å². The van der Waals surface area contributed by atoms with E-state index in [0.29, 0.717) is 12.3 Å². The van der Waals surface area contributed by atoms with Gasteiger partial charge in [0.15, 0.2) is 0 Å². The van der Waals surface area contributed by atoms with Gasteiger partial charge < -0.3 is 14.8 Å². The van der Waals surface area contributed by atoms with Gasteiger partial charge in [0.2, 0.25) is 0 Å². The zero-order valence-electron chi connectivity index (χ0n) is 12.1. The molecule has 1 aromatic carbocycles. The second-order valence-corrected chi connectivity index (χ2v) is 5.30. The van der Waals surface area contributed by atoms with Crippen LogP contribution in [0.5, 0.6) is 5.75 Å². The smallest absolute Gasteiger partial charge is 0.320 e. The van der Waals surface area contributed by atoms with Crippen molar-refractivity contribution in [2.24, 2.45) is 0 Å². The van der Waals surface area contributed by atoms with Crippen molar-refractivity contribution < 1.29 is 19.1 Å². The van der Waals surface area contributed by atoms with E-state index < -0.39 is 5.60 Å². The van der Waals surface area contributed by atoms with Crippen molar-refractivity contribution in [1.82, 2.24) is 5.32 Å². The summed E-state index contributed by atoms with van der Waals surface area (Å²) in [5.74, 6) is -0.161. The Morgan fingerprint density at radius 2 is 1.75 bits per heavy atom. The summed E-state index contributed by atoms with van der Waals surface area (Å²) < 4.78 is 10.2. The minimum Gasteiger partial charge on any atom is -0.459 e. The molecule has 1 rings (SSSR count). The van der Waals surface area contributed by atoms with E-state index in [2.05, 4.69) is 5.32 Å². The summed E-state index contributed by atoms with van der Waals surface area (Å²) in [6.07, 6.45) is 0.192. The molecular weight excluding hydrogens is 258 g/mol. The van der Waals surface area contributed by atoms with Crippen LogP contribution in [-0.2, 0) is 14.3 Å². The monoisotopic (exact) mass is 279 g/mol. The first-order valence-electron chi connectivity index (χ1n) is 6.55. The molecule has 0 fully saturated rings. The average Bonchev–Trinajstić information content (AvgIpc) is 2.34. The largest absolute Gasteiger partial charge is 0.459 e. The van der Waals surface area contributed by atoms with Crippen LogP contribution >= 0.6 is 0 Å². The highest BCUT2D eigenvalue weighted by atomic mass is 16.6. The molecule has 0 amide bonds. The van der Waals surface area contributed by atoms with Gasteiger partial charge in [0.1, 0.15) is 11.4 Å². The second kappa shape index (κ2) is 7.65. The number of benzene rings is 1. The maximum atomic E-state index is 11.5. The summed E-state index contributed by atoms with van der Waals surface area (Å²) in [6, 6.07) is 8.87. The van der Waals surface area contributed by atoms with Gasteiger partial charge in [-0.2, -0.15) is 0 Å². The van der Waals surface area contributed by atoms with Gasteiger partial charge >= 0.3 is 11.9 Å². The number of rotatable bonds is 6. The number of hydrogen-bond acceptors (Lipinski definition) is 5. The van der Waals surface area contributed by atoms with Crippen LogP contribution in [0.25, 0.3) is 0 Å². The molecule has 0 spiro atoms. The van der Waals surface area contributed by atoms with Gasteiger partial charge in [0, 0.05) is 6.54 Å². The van der Waals surface area contributed by atoms with Crippen LogP contribution in [0.3, 0.4) is 0 Å². The molecule has 110 valence electrons. The molecule has 5 heteroatoms. The third-order valence-corrected chi connectivity index (χ3v) is 2.17. The highest BCUT2D eigenvalue weighted by Gasteiger charge is 2.15. The lowest BCUT2D eigenvalue weighted by Crippen LogP contribution is -2.32. The lowest BCUT2D eigenvalue weighted by Gasteiger charge is -2.19. The third kappa shape index (κ3) is 7.53. The van der Waals surface area contributed by atoms with E-state index in [4.69, 9.17) is 9.47 Å². The Balaban J connectivity index is 2.15. The van der Waals surface area contributed by atoms with Crippen molar-refractivity contribution in [1.29, 1.82) is 0 Å². The molecule has 0 aliphatic carbocycles. The number of esters is 2. The summed E-state index contributed by atoms with van der Waals surface area (Å²) >= 11 is 0. The predicted octanol–water partition coefficient (Wildman–Crippen LogP) is 1.91. The number of ether oxygens (including phenoxy) is 2. The average molecular weight is 279 g/mol. The summed E-state index contributed by atoms with van der Waals surface area (Å²) in [5, 5.41) is 2.85. The van der Waals surface area contributed by atoms with Crippen LogP contribution in [0.1, 0.15) is 27.2 Å². The second-order valence-electron chi connectivity index (χ2n) is 5.30. The van der Waals surface area contributed by atoms with E-state index in [-0.39, 0.29) is 24.9 Å². The molecule has 0 heterocycles. The highest BCUT2D eigenvalue weighted by molar-refractivity contribution is 5.73. The number of carbonyl (C=O) groups is 2. The molecule has 0 aromatic heterocycles. The van der Waals surface area contributed by atoms with Gasteiger partial charge in [-0.3, -0.25) is 9.59 Å². The van der Waals surface area contributed by atoms with Crippen molar-refractivity contribution in [3.8, 4) is 5.75 Å². The van der Waals surface area contributed by atoms with Crippen LogP contribution in [0.4, 0.5) is 0 Å². The Labute approximate surface area is 119 Å². The predicted molar refractivity (Wildman–Crippen MR) is 75.4 cm³/mol. The minimum absolute atomic E-state index is 0.0793. The summed E-state index contributed by atoms with van der Waals surface area (Å²) in [6.45, 7) is 5.87. The number of nitrogens with one attached hydrogen (secondary N) is 1. The van der Waals surface area contributed by atoms with Gasteiger partial charge in [-0.1, -0.05) is 18.2 Å². The quantitative estimate of drug-likeness (QED) is 0.489. The Hall–Kier alpha value is -1.88. The van der Waals surface area contributed by atoms with Crippen LogP contribution in [0.15, 0.2) is 30.3 Å². The van der Waals surface area contributed by atoms with E-state index in [1.807, 2.05) is 26.8 Å². The van der Waals surface area contributed by atoms with E-state index in [9.17, 15) is 9.59 Å². The molecule has 0 atom stereocenters. The standard InChI is InChI=1S/C15H21NO4/c1-15(2,3)20-14(18)11-16-10-9-13(17)19-12-7-5-4-6-8-12/h4-8,16H,9-11H2,1-3H3. The van der Waals surface area contributed by atoms with Gasteiger partial charge in [0.05, 0.1) is 13.0 Å². The first-order valence-corrected chi connectivity index (χ1v) is 6.55. The zero-order valence-corrected chi connectivity index (χ0v) is 12.1.